The maximum absolute atomic E-state index is 10.1. The van der Waals surface area contributed by atoms with E-state index in [0.717, 1.165) is 39.5 Å². The van der Waals surface area contributed by atoms with Gasteiger partial charge in [0, 0.05) is 28.2 Å². The largest absolute Gasteiger partial charge is 0.320 e. The zero-order chi connectivity index (χ0) is 38.7. The SMILES string of the molecule is [C-]#[N+]c1ccccc1N(c1ccccc1)c1ccc2c3c(c4ccccc4c2c1)-c1cc2ccc(N(c4ccccc4)c4ccccc4C#N)cc2cc1C3(C)C. The molecular formula is C53H36N4. The van der Waals surface area contributed by atoms with E-state index < -0.39 is 0 Å². The molecule has 268 valence electrons. The molecular weight excluding hydrogens is 693 g/mol. The van der Waals surface area contributed by atoms with Crippen molar-refractivity contribution >= 4 is 72.1 Å². The lowest BCUT2D eigenvalue weighted by molar-refractivity contribution is 0.667. The third kappa shape index (κ3) is 5.35. The average Bonchev–Trinajstić information content (AvgIpc) is 3.49. The molecule has 0 amide bonds. The summed E-state index contributed by atoms with van der Waals surface area (Å²) >= 11 is 0. The van der Waals surface area contributed by atoms with E-state index in [-0.39, 0.29) is 5.41 Å². The molecule has 0 heterocycles. The number of benzene rings is 9. The Labute approximate surface area is 332 Å². The van der Waals surface area contributed by atoms with Gasteiger partial charge in [-0.15, -0.1) is 0 Å². The second-order valence-electron chi connectivity index (χ2n) is 15.2. The molecule has 0 saturated carbocycles. The van der Waals surface area contributed by atoms with Crippen LogP contribution in [0.5, 0.6) is 0 Å². The van der Waals surface area contributed by atoms with Crippen LogP contribution in [0, 0.1) is 17.9 Å². The van der Waals surface area contributed by atoms with Crippen LogP contribution in [0.2, 0.25) is 0 Å². The number of hydrogen-bond donors (Lipinski definition) is 0. The van der Waals surface area contributed by atoms with Crippen molar-refractivity contribution in [3.8, 4) is 17.2 Å². The minimum absolute atomic E-state index is 0.305. The summed E-state index contributed by atoms with van der Waals surface area (Å²) in [5, 5.41) is 17.3. The molecule has 0 spiro atoms. The number of anilines is 6. The van der Waals surface area contributed by atoms with Crippen molar-refractivity contribution in [3.63, 3.8) is 0 Å². The van der Waals surface area contributed by atoms with Crippen molar-refractivity contribution in [2.24, 2.45) is 0 Å². The molecule has 1 aliphatic rings. The lowest BCUT2D eigenvalue weighted by atomic mass is 9.79. The van der Waals surface area contributed by atoms with Crippen LogP contribution < -0.4 is 9.80 Å². The Morgan fingerprint density at radius 2 is 1.11 bits per heavy atom. The Bertz CT molecular complexity index is 3130. The zero-order valence-electron chi connectivity index (χ0n) is 31.6. The summed E-state index contributed by atoms with van der Waals surface area (Å²) < 4.78 is 0. The predicted octanol–water partition coefficient (Wildman–Crippen LogP) is 14.8. The second-order valence-corrected chi connectivity index (χ2v) is 15.2. The molecule has 0 N–H and O–H groups in total. The maximum Gasteiger partial charge on any atom is 0.210 e. The first-order chi connectivity index (χ1) is 28.0. The number of para-hydroxylation sites is 5. The fourth-order valence-electron chi connectivity index (χ4n) is 9.05. The first-order valence-corrected chi connectivity index (χ1v) is 19.2. The van der Waals surface area contributed by atoms with Gasteiger partial charge in [0.2, 0.25) is 5.69 Å². The monoisotopic (exact) mass is 728 g/mol. The molecule has 0 atom stereocenters. The van der Waals surface area contributed by atoms with Crippen molar-refractivity contribution in [2.75, 3.05) is 9.80 Å². The molecule has 4 heteroatoms. The van der Waals surface area contributed by atoms with Gasteiger partial charge in [0.25, 0.3) is 0 Å². The van der Waals surface area contributed by atoms with E-state index in [4.69, 9.17) is 6.57 Å². The molecule has 4 nitrogen and oxygen atoms in total. The smallest absolute Gasteiger partial charge is 0.210 e. The lowest BCUT2D eigenvalue weighted by Gasteiger charge is -2.28. The van der Waals surface area contributed by atoms with Gasteiger partial charge in [-0.2, -0.15) is 5.26 Å². The molecule has 0 radical (unpaired) electrons. The summed E-state index contributed by atoms with van der Waals surface area (Å²) in [6, 6.07) is 65.7. The number of nitriles is 1. The number of nitrogens with zero attached hydrogens (tertiary/aromatic N) is 4. The fourth-order valence-corrected chi connectivity index (χ4v) is 9.05. The molecule has 0 aromatic heterocycles. The first-order valence-electron chi connectivity index (χ1n) is 19.2. The predicted molar refractivity (Wildman–Crippen MR) is 237 cm³/mol. The van der Waals surface area contributed by atoms with Crippen LogP contribution in [0.15, 0.2) is 182 Å². The van der Waals surface area contributed by atoms with E-state index in [1.165, 1.54) is 49.2 Å². The van der Waals surface area contributed by atoms with Crippen molar-refractivity contribution in [1.82, 2.24) is 0 Å². The van der Waals surface area contributed by atoms with E-state index in [0.29, 0.717) is 11.3 Å². The highest BCUT2D eigenvalue weighted by Gasteiger charge is 2.39. The van der Waals surface area contributed by atoms with Gasteiger partial charge in [-0.1, -0.05) is 117 Å². The van der Waals surface area contributed by atoms with Crippen molar-refractivity contribution < 1.29 is 0 Å². The summed E-state index contributed by atoms with van der Waals surface area (Å²) in [7, 11) is 0. The molecule has 10 rings (SSSR count). The van der Waals surface area contributed by atoms with Crippen molar-refractivity contribution in [2.45, 2.75) is 19.3 Å². The molecule has 0 aliphatic heterocycles. The van der Waals surface area contributed by atoms with Gasteiger partial charge in [0.05, 0.1) is 23.5 Å². The third-order valence-corrected chi connectivity index (χ3v) is 11.6. The standard InChI is InChI=1S/C53H36N4/c1-53(2)47-32-37-30-40(56(38-17-6-4-7-18-38)49-24-14-10-16-36(49)34-54)27-26-35(37)31-46(47)51-43-22-12-11-21-42(43)45-33-41(28-29-44(45)52(51)53)57(39-19-8-5-9-20-39)50-25-15-13-23-48(50)55-3/h4-33H,1-2H3. The summed E-state index contributed by atoms with van der Waals surface area (Å²) in [6.07, 6.45) is 0. The Morgan fingerprint density at radius 3 is 1.82 bits per heavy atom. The molecule has 0 fully saturated rings. The van der Waals surface area contributed by atoms with Crippen LogP contribution in [0.1, 0.15) is 30.5 Å². The molecule has 0 saturated heterocycles. The summed E-state index contributed by atoms with van der Waals surface area (Å²) in [5.74, 6) is 0. The minimum Gasteiger partial charge on any atom is -0.320 e. The normalized spacial score (nSPS) is 12.5. The topological polar surface area (TPSA) is 34.6 Å². The van der Waals surface area contributed by atoms with Crippen LogP contribution in [0.4, 0.5) is 39.8 Å². The molecule has 1 aliphatic carbocycles. The van der Waals surface area contributed by atoms with Crippen LogP contribution in [-0.2, 0) is 5.41 Å². The van der Waals surface area contributed by atoms with Gasteiger partial charge in [-0.25, -0.2) is 4.85 Å². The molecule has 0 bridgehead atoms. The summed E-state index contributed by atoms with van der Waals surface area (Å²) in [5.41, 5.74) is 11.8. The second kappa shape index (κ2) is 13.3. The van der Waals surface area contributed by atoms with Crippen molar-refractivity contribution in [1.29, 1.82) is 5.26 Å². The molecule has 57 heavy (non-hydrogen) atoms. The quantitative estimate of drug-likeness (QED) is 0.126. The minimum atomic E-state index is -0.305. The van der Waals surface area contributed by atoms with E-state index in [9.17, 15) is 5.26 Å². The molecule has 0 unspecified atom stereocenters. The number of fused-ring (bicyclic) bond motifs is 9. The van der Waals surface area contributed by atoms with E-state index in [2.05, 4.69) is 132 Å². The highest BCUT2D eigenvalue weighted by atomic mass is 15.2. The Kier molecular flexibility index (Phi) is 7.89. The Morgan fingerprint density at radius 1 is 0.509 bits per heavy atom. The molecule has 9 aromatic rings. The van der Waals surface area contributed by atoms with Crippen molar-refractivity contribution in [3.05, 3.63) is 210 Å². The summed E-state index contributed by atoms with van der Waals surface area (Å²) in [4.78, 5) is 8.29. The van der Waals surface area contributed by atoms with Gasteiger partial charge in [0.15, 0.2) is 0 Å². The lowest BCUT2D eigenvalue weighted by Crippen LogP contribution is -2.16. The van der Waals surface area contributed by atoms with Gasteiger partial charge in [-0.05, 0) is 133 Å². The van der Waals surface area contributed by atoms with Gasteiger partial charge in [0.1, 0.15) is 6.07 Å². The van der Waals surface area contributed by atoms with E-state index in [1.807, 2.05) is 84.9 Å². The first kappa shape index (κ1) is 33.9. The average molecular weight is 729 g/mol. The number of hydrogen-bond acceptors (Lipinski definition) is 3. The van der Waals surface area contributed by atoms with Crippen LogP contribution >= 0.6 is 0 Å². The maximum atomic E-state index is 10.1. The van der Waals surface area contributed by atoms with Crippen LogP contribution in [-0.4, -0.2) is 0 Å². The molecule has 9 aromatic carbocycles. The van der Waals surface area contributed by atoms with E-state index in [1.54, 1.807) is 0 Å². The Hall–Kier alpha value is -7.66. The van der Waals surface area contributed by atoms with Gasteiger partial charge < -0.3 is 9.80 Å². The third-order valence-electron chi connectivity index (χ3n) is 11.6. The van der Waals surface area contributed by atoms with Crippen LogP contribution in [0.25, 0.3) is 48.3 Å². The fraction of sp³-hybridized carbons (Fsp3) is 0.0566. The Balaban J connectivity index is 1.17. The van der Waals surface area contributed by atoms with Crippen LogP contribution in [0.3, 0.4) is 0 Å². The summed E-state index contributed by atoms with van der Waals surface area (Å²) in [6.45, 7) is 12.7. The zero-order valence-corrected chi connectivity index (χ0v) is 31.6. The van der Waals surface area contributed by atoms with E-state index >= 15 is 0 Å². The highest BCUT2D eigenvalue weighted by Crippen LogP contribution is 2.56. The highest BCUT2D eigenvalue weighted by molar-refractivity contribution is 6.19. The number of rotatable bonds is 6. The van der Waals surface area contributed by atoms with Gasteiger partial charge >= 0.3 is 0 Å². The van der Waals surface area contributed by atoms with Gasteiger partial charge in [-0.3, -0.25) is 0 Å².